The molecule has 1 aromatic heterocycles. The summed E-state index contributed by atoms with van der Waals surface area (Å²) in [6.45, 7) is 7.31. The molecule has 0 spiro atoms. The molecular formula is C24H29NO5S2. The molecule has 0 aliphatic rings. The van der Waals surface area contributed by atoms with Crippen LogP contribution in [0.2, 0.25) is 0 Å². The van der Waals surface area contributed by atoms with Crippen LogP contribution >= 0.6 is 11.3 Å². The summed E-state index contributed by atoms with van der Waals surface area (Å²) in [6.07, 6.45) is 1.36. The zero-order chi connectivity index (χ0) is 23.0. The molecule has 0 unspecified atom stereocenters. The van der Waals surface area contributed by atoms with Crippen molar-refractivity contribution in [2.24, 2.45) is 0 Å². The fraction of sp³-hybridized carbons (Fsp3) is 0.375. The van der Waals surface area contributed by atoms with Gasteiger partial charge in [-0.25, -0.2) is 4.98 Å². The minimum Gasteiger partial charge on any atom is -0.491 e. The zero-order valence-corrected chi connectivity index (χ0v) is 20.3. The molecule has 0 N–H and O–H groups in total. The Morgan fingerprint density at radius 3 is 2.44 bits per heavy atom. The van der Waals surface area contributed by atoms with E-state index < -0.39 is 10.1 Å². The van der Waals surface area contributed by atoms with Crippen LogP contribution in [0.4, 0.5) is 0 Å². The smallest absolute Gasteiger partial charge is 0.296 e. The minimum atomic E-state index is -3.73. The standard InChI is InChI=1S/C24H29NO5S2/c1-4-20-8-9-21(24-19(3)25-17-31-24)16-23(20)29-15-14-28-12-5-13-30-32(26,27)22-10-6-18(2)7-11-22/h6-11,16-17H,4-5,12-15H2,1-3H3. The molecule has 0 amide bonds. The lowest BCUT2D eigenvalue weighted by atomic mass is 10.1. The van der Waals surface area contributed by atoms with Gasteiger partial charge >= 0.3 is 0 Å². The molecule has 3 rings (SSSR count). The average molecular weight is 476 g/mol. The lowest BCUT2D eigenvalue weighted by Gasteiger charge is -2.13. The molecule has 6 nitrogen and oxygen atoms in total. The highest BCUT2D eigenvalue weighted by atomic mass is 32.2. The average Bonchev–Trinajstić information content (AvgIpc) is 3.21. The number of benzene rings is 2. The van der Waals surface area contributed by atoms with Crippen molar-refractivity contribution in [2.45, 2.75) is 38.5 Å². The Hall–Kier alpha value is -2.26. The van der Waals surface area contributed by atoms with Crippen molar-refractivity contribution in [1.29, 1.82) is 0 Å². The molecule has 0 bridgehead atoms. The molecule has 172 valence electrons. The third-order valence-electron chi connectivity index (χ3n) is 4.92. The van der Waals surface area contributed by atoms with E-state index in [1.165, 1.54) is 0 Å². The number of nitrogens with zero attached hydrogens (tertiary/aromatic N) is 1. The third-order valence-corrected chi connectivity index (χ3v) is 7.23. The second kappa shape index (κ2) is 11.6. The summed E-state index contributed by atoms with van der Waals surface area (Å²) >= 11 is 1.62. The number of ether oxygens (including phenoxy) is 2. The summed E-state index contributed by atoms with van der Waals surface area (Å²) in [4.78, 5) is 5.64. The molecule has 32 heavy (non-hydrogen) atoms. The minimum absolute atomic E-state index is 0.0767. The predicted molar refractivity (Wildman–Crippen MR) is 127 cm³/mol. The van der Waals surface area contributed by atoms with Crippen LogP contribution in [0.15, 0.2) is 52.9 Å². The van der Waals surface area contributed by atoms with E-state index in [2.05, 4.69) is 30.1 Å². The Bertz CT molecular complexity index is 1110. The van der Waals surface area contributed by atoms with Crippen LogP contribution in [0.3, 0.4) is 0 Å². The van der Waals surface area contributed by atoms with E-state index in [1.807, 2.05) is 19.4 Å². The topological polar surface area (TPSA) is 74.7 Å². The van der Waals surface area contributed by atoms with E-state index in [1.54, 1.807) is 35.6 Å². The van der Waals surface area contributed by atoms with E-state index >= 15 is 0 Å². The van der Waals surface area contributed by atoms with Gasteiger partial charge in [-0.15, -0.1) is 11.3 Å². The summed E-state index contributed by atoms with van der Waals surface area (Å²) in [5.41, 5.74) is 6.11. The summed E-state index contributed by atoms with van der Waals surface area (Å²) in [6, 6.07) is 12.9. The van der Waals surface area contributed by atoms with Gasteiger partial charge in [0.05, 0.1) is 34.2 Å². The number of aromatic nitrogens is 1. The molecule has 8 heteroatoms. The van der Waals surface area contributed by atoms with Gasteiger partial charge < -0.3 is 9.47 Å². The molecule has 1 heterocycles. The van der Waals surface area contributed by atoms with Gasteiger partial charge in [-0.1, -0.05) is 36.8 Å². The van der Waals surface area contributed by atoms with Crippen LogP contribution in [-0.2, 0) is 25.5 Å². The molecule has 0 atom stereocenters. The SMILES string of the molecule is CCc1ccc(-c2scnc2C)cc1OCCOCCCOS(=O)(=O)c1ccc(C)cc1. The van der Waals surface area contributed by atoms with Gasteiger partial charge in [-0.2, -0.15) is 8.42 Å². The molecular weight excluding hydrogens is 446 g/mol. The van der Waals surface area contributed by atoms with E-state index in [9.17, 15) is 8.42 Å². The molecule has 3 aromatic rings. The highest BCUT2D eigenvalue weighted by molar-refractivity contribution is 7.86. The second-order valence-corrected chi connectivity index (χ2v) is 9.82. The normalized spacial score (nSPS) is 11.6. The van der Waals surface area contributed by atoms with Crippen LogP contribution in [0.1, 0.15) is 30.2 Å². The lowest BCUT2D eigenvalue weighted by molar-refractivity contribution is 0.0908. The van der Waals surface area contributed by atoms with E-state index in [-0.39, 0.29) is 11.5 Å². The van der Waals surface area contributed by atoms with Crippen LogP contribution in [0, 0.1) is 13.8 Å². The molecule has 0 saturated carbocycles. The Kier molecular flexibility index (Phi) is 8.81. The molecule has 0 aliphatic heterocycles. The van der Waals surface area contributed by atoms with E-state index in [0.717, 1.165) is 39.4 Å². The van der Waals surface area contributed by atoms with Gasteiger partial charge in [0.2, 0.25) is 0 Å². The highest BCUT2D eigenvalue weighted by Crippen LogP contribution is 2.32. The predicted octanol–water partition coefficient (Wildman–Crippen LogP) is 5.18. The van der Waals surface area contributed by atoms with Crippen LogP contribution < -0.4 is 4.74 Å². The number of hydrogen-bond donors (Lipinski definition) is 0. The fourth-order valence-corrected chi connectivity index (χ4v) is 4.86. The van der Waals surface area contributed by atoms with Crippen LogP contribution in [0.5, 0.6) is 5.75 Å². The molecule has 0 aliphatic carbocycles. The van der Waals surface area contributed by atoms with Crippen molar-refractivity contribution in [3.63, 3.8) is 0 Å². The van der Waals surface area contributed by atoms with Crippen LogP contribution in [-0.4, -0.2) is 39.8 Å². The van der Waals surface area contributed by atoms with Crippen molar-refractivity contribution in [3.05, 3.63) is 64.8 Å². The summed E-state index contributed by atoms with van der Waals surface area (Å²) < 4.78 is 40.9. The van der Waals surface area contributed by atoms with Crippen molar-refractivity contribution in [2.75, 3.05) is 26.4 Å². The summed E-state index contributed by atoms with van der Waals surface area (Å²) in [5.74, 6) is 0.855. The second-order valence-electron chi connectivity index (χ2n) is 7.35. The summed E-state index contributed by atoms with van der Waals surface area (Å²) in [5, 5.41) is 0. The Morgan fingerprint density at radius 2 is 1.75 bits per heavy atom. The lowest BCUT2D eigenvalue weighted by Crippen LogP contribution is -2.12. The van der Waals surface area contributed by atoms with Crippen molar-refractivity contribution < 1.29 is 22.1 Å². The third kappa shape index (κ3) is 6.62. The Labute approximate surface area is 194 Å². The first-order chi connectivity index (χ1) is 15.4. The van der Waals surface area contributed by atoms with Gasteiger partial charge in [0.1, 0.15) is 12.4 Å². The number of rotatable bonds is 12. The number of aryl methyl sites for hydroxylation is 3. The first kappa shape index (κ1) is 24.4. The number of hydrogen-bond acceptors (Lipinski definition) is 7. The fourth-order valence-electron chi connectivity index (χ4n) is 3.12. The maximum Gasteiger partial charge on any atom is 0.296 e. The van der Waals surface area contributed by atoms with Gasteiger partial charge in [-0.05, 0) is 56.0 Å². The van der Waals surface area contributed by atoms with Gasteiger partial charge in [0, 0.05) is 6.61 Å². The molecule has 0 fully saturated rings. The first-order valence-electron chi connectivity index (χ1n) is 10.6. The monoisotopic (exact) mass is 475 g/mol. The van der Waals surface area contributed by atoms with Gasteiger partial charge in [0.25, 0.3) is 10.1 Å². The van der Waals surface area contributed by atoms with E-state index in [4.69, 9.17) is 13.7 Å². The maximum atomic E-state index is 12.1. The maximum absolute atomic E-state index is 12.1. The van der Waals surface area contributed by atoms with Crippen molar-refractivity contribution >= 4 is 21.5 Å². The van der Waals surface area contributed by atoms with Crippen molar-refractivity contribution in [1.82, 2.24) is 4.98 Å². The van der Waals surface area contributed by atoms with Crippen molar-refractivity contribution in [3.8, 4) is 16.2 Å². The summed E-state index contributed by atoms with van der Waals surface area (Å²) in [7, 11) is -3.73. The highest BCUT2D eigenvalue weighted by Gasteiger charge is 2.14. The first-order valence-corrected chi connectivity index (χ1v) is 12.9. The Balaban J connectivity index is 1.39. The van der Waals surface area contributed by atoms with E-state index in [0.29, 0.717) is 26.2 Å². The Morgan fingerprint density at radius 1 is 0.969 bits per heavy atom. The quantitative estimate of drug-likeness (QED) is 0.265. The molecule has 2 aromatic carbocycles. The zero-order valence-electron chi connectivity index (χ0n) is 18.7. The van der Waals surface area contributed by atoms with Gasteiger partial charge in [-0.3, -0.25) is 4.18 Å². The number of thiazole rings is 1. The van der Waals surface area contributed by atoms with Crippen LogP contribution in [0.25, 0.3) is 10.4 Å². The molecule has 0 saturated heterocycles. The molecule has 0 radical (unpaired) electrons. The largest absolute Gasteiger partial charge is 0.491 e. The van der Waals surface area contributed by atoms with Gasteiger partial charge in [0.15, 0.2) is 0 Å².